The lowest BCUT2D eigenvalue weighted by atomic mass is 9.75. The lowest BCUT2D eigenvalue weighted by Crippen LogP contribution is -2.33. The van der Waals surface area contributed by atoms with Crippen LogP contribution >= 0.6 is 0 Å². The molecule has 1 heterocycles. The summed E-state index contributed by atoms with van der Waals surface area (Å²) >= 11 is 0. The Kier molecular flexibility index (Phi) is 3.34. The van der Waals surface area contributed by atoms with Gasteiger partial charge in [0, 0.05) is 35.1 Å². The van der Waals surface area contributed by atoms with Gasteiger partial charge in [0.1, 0.15) is 0 Å². The van der Waals surface area contributed by atoms with Crippen LogP contribution < -0.4 is 11.5 Å². The van der Waals surface area contributed by atoms with E-state index in [9.17, 15) is 0 Å². The molecule has 0 saturated heterocycles. The highest BCUT2D eigenvalue weighted by molar-refractivity contribution is 5.48. The van der Waals surface area contributed by atoms with Crippen molar-refractivity contribution in [3.8, 4) is 0 Å². The molecule has 2 aromatic rings. The first-order valence-corrected chi connectivity index (χ1v) is 6.04. The number of benzene rings is 1. The summed E-state index contributed by atoms with van der Waals surface area (Å²) < 4.78 is 0. The fourth-order valence-electron chi connectivity index (χ4n) is 2.11. The van der Waals surface area contributed by atoms with Gasteiger partial charge in [0.15, 0.2) is 0 Å². The van der Waals surface area contributed by atoms with E-state index in [0.717, 1.165) is 5.56 Å². The number of nitrogens with zero attached hydrogens (tertiary/aromatic N) is 1. The Bertz CT molecular complexity index is 520. The van der Waals surface area contributed by atoms with Gasteiger partial charge in [-0.25, -0.2) is 0 Å². The molecule has 1 unspecified atom stereocenters. The van der Waals surface area contributed by atoms with Crippen molar-refractivity contribution >= 4 is 5.69 Å². The van der Waals surface area contributed by atoms with Gasteiger partial charge >= 0.3 is 0 Å². The van der Waals surface area contributed by atoms with Gasteiger partial charge in [-0.3, -0.25) is 4.98 Å². The van der Waals surface area contributed by atoms with Crippen LogP contribution in [0.3, 0.4) is 0 Å². The predicted molar refractivity (Wildman–Crippen MR) is 75.0 cm³/mol. The molecule has 1 atom stereocenters. The van der Waals surface area contributed by atoms with E-state index in [1.807, 2.05) is 18.2 Å². The molecule has 94 valence electrons. The first-order chi connectivity index (χ1) is 8.53. The Morgan fingerprint density at radius 2 is 1.78 bits per heavy atom. The molecule has 3 nitrogen and oxygen atoms in total. The largest absolute Gasteiger partial charge is 0.398 e. The van der Waals surface area contributed by atoms with E-state index < -0.39 is 0 Å². The molecule has 0 saturated carbocycles. The molecule has 0 radical (unpaired) electrons. The van der Waals surface area contributed by atoms with Crippen molar-refractivity contribution in [2.24, 2.45) is 5.73 Å². The maximum absolute atomic E-state index is 6.39. The van der Waals surface area contributed by atoms with Gasteiger partial charge in [0.05, 0.1) is 0 Å². The Morgan fingerprint density at radius 3 is 2.39 bits per heavy atom. The summed E-state index contributed by atoms with van der Waals surface area (Å²) in [5.74, 6) is 0. The van der Waals surface area contributed by atoms with E-state index in [1.54, 1.807) is 18.5 Å². The zero-order chi connectivity index (χ0) is 13.2. The van der Waals surface area contributed by atoms with Gasteiger partial charge in [0.25, 0.3) is 0 Å². The molecular formula is C15H19N3. The summed E-state index contributed by atoms with van der Waals surface area (Å²) in [6.45, 7) is 4.25. The molecule has 3 heteroatoms. The summed E-state index contributed by atoms with van der Waals surface area (Å²) in [5, 5.41) is 0. The van der Waals surface area contributed by atoms with Gasteiger partial charge in [-0.2, -0.15) is 0 Å². The van der Waals surface area contributed by atoms with Gasteiger partial charge in [-0.05, 0) is 11.6 Å². The zero-order valence-corrected chi connectivity index (χ0v) is 10.8. The number of aromatic nitrogens is 1. The number of nitrogens with two attached hydrogens (primary N) is 2. The van der Waals surface area contributed by atoms with Crippen LogP contribution in [-0.2, 0) is 5.41 Å². The third-order valence-corrected chi connectivity index (χ3v) is 3.52. The lowest BCUT2D eigenvalue weighted by molar-refractivity contribution is 0.421. The van der Waals surface area contributed by atoms with Gasteiger partial charge in [-0.1, -0.05) is 44.2 Å². The number of pyridine rings is 1. The molecule has 1 aromatic carbocycles. The van der Waals surface area contributed by atoms with Gasteiger partial charge in [0.2, 0.25) is 0 Å². The highest BCUT2D eigenvalue weighted by atomic mass is 14.7. The Morgan fingerprint density at radius 1 is 1.11 bits per heavy atom. The van der Waals surface area contributed by atoms with Crippen molar-refractivity contribution in [2.45, 2.75) is 25.3 Å². The Labute approximate surface area is 108 Å². The standard InChI is InChI=1S/C15H19N3/c1-15(2,11-6-4-3-5-7-11)14(17)12-10-18-9-8-13(12)16/h3-10,14H,17H2,1-2H3,(H2,16,18). The van der Waals surface area contributed by atoms with Crippen molar-refractivity contribution in [1.82, 2.24) is 4.98 Å². The average Bonchev–Trinajstić information content (AvgIpc) is 2.39. The predicted octanol–water partition coefficient (Wildman–Crippen LogP) is 2.64. The molecular weight excluding hydrogens is 222 g/mol. The molecule has 2 rings (SSSR count). The molecule has 0 amide bonds. The smallest absolute Gasteiger partial charge is 0.0423 e. The van der Waals surface area contributed by atoms with Crippen LogP contribution in [0, 0.1) is 0 Å². The fraction of sp³-hybridized carbons (Fsp3) is 0.267. The summed E-state index contributed by atoms with van der Waals surface area (Å²) in [4.78, 5) is 4.11. The van der Waals surface area contributed by atoms with E-state index in [1.165, 1.54) is 5.56 Å². The first-order valence-electron chi connectivity index (χ1n) is 6.04. The van der Waals surface area contributed by atoms with E-state index in [4.69, 9.17) is 11.5 Å². The van der Waals surface area contributed by atoms with Crippen LogP contribution in [0.2, 0.25) is 0 Å². The second kappa shape index (κ2) is 4.78. The maximum atomic E-state index is 6.39. The monoisotopic (exact) mass is 241 g/mol. The Balaban J connectivity index is 2.39. The van der Waals surface area contributed by atoms with Crippen molar-refractivity contribution in [3.05, 3.63) is 59.9 Å². The quantitative estimate of drug-likeness (QED) is 0.868. The van der Waals surface area contributed by atoms with Crippen molar-refractivity contribution in [1.29, 1.82) is 0 Å². The molecule has 1 aromatic heterocycles. The number of hydrogen-bond acceptors (Lipinski definition) is 3. The third-order valence-electron chi connectivity index (χ3n) is 3.52. The molecule has 0 aliphatic rings. The van der Waals surface area contributed by atoms with Crippen molar-refractivity contribution < 1.29 is 0 Å². The number of anilines is 1. The first kappa shape index (κ1) is 12.6. The van der Waals surface area contributed by atoms with Crippen LogP contribution in [0.1, 0.15) is 31.0 Å². The minimum absolute atomic E-state index is 0.186. The van der Waals surface area contributed by atoms with Crippen molar-refractivity contribution in [3.63, 3.8) is 0 Å². The summed E-state index contributed by atoms with van der Waals surface area (Å²) in [7, 11) is 0. The SMILES string of the molecule is CC(C)(c1ccccc1)C(N)c1cnccc1N. The number of nitrogen functional groups attached to an aromatic ring is 1. The molecule has 0 spiro atoms. The minimum Gasteiger partial charge on any atom is -0.398 e. The topological polar surface area (TPSA) is 64.9 Å². The highest BCUT2D eigenvalue weighted by Gasteiger charge is 2.30. The highest BCUT2D eigenvalue weighted by Crippen LogP contribution is 2.36. The van der Waals surface area contributed by atoms with E-state index in [0.29, 0.717) is 5.69 Å². The van der Waals surface area contributed by atoms with E-state index >= 15 is 0 Å². The van der Waals surface area contributed by atoms with E-state index in [-0.39, 0.29) is 11.5 Å². The minimum atomic E-state index is -0.196. The van der Waals surface area contributed by atoms with Crippen LogP contribution in [0.25, 0.3) is 0 Å². The summed E-state index contributed by atoms with van der Waals surface area (Å²) in [6, 6.07) is 11.8. The molecule has 0 bridgehead atoms. The van der Waals surface area contributed by atoms with Gasteiger partial charge < -0.3 is 11.5 Å². The molecule has 0 fully saturated rings. The van der Waals surface area contributed by atoms with Crippen LogP contribution in [0.5, 0.6) is 0 Å². The second-order valence-corrected chi connectivity index (χ2v) is 5.07. The van der Waals surface area contributed by atoms with Crippen LogP contribution in [-0.4, -0.2) is 4.98 Å². The fourth-order valence-corrected chi connectivity index (χ4v) is 2.11. The Hall–Kier alpha value is -1.87. The third kappa shape index (κ3) is 2.22. The summed E-state index contributed by atoms with van der Waals surface area (Å²) in [5.41, 5.74) is 15.0. The molecule has 0 aliphatic carbocycles. The van der Waals surface area contributed by atoms with Crippen molar-refractivity contribution in [2.75, 3.05) is 5.73 Å². The number of hydrogen-bond donors (Lipinski definition) is 2. The second-order valence-electron chi connectivity index (χ2n) is 5.07. The molecule has 4 N–H and O–H groups in total. The molecule has 18 heavy (non-hydrogen) atoms. The zero-order valence-electron chi connectivity index (χ0n) is 10.8. The van der Waals surface area contributed by atoms with Crippen LogP contribution in [0.15, 0.2) is 48.8 Å². The normalized spacial score (nSPS) is 13.3. The number of rotatable bonds is 3. The lowest BCUT2D eigenvalue weighted by Gasteiger charge is -2.33. The van der Waals surface area contributed by atoms with Crippen LogP contribution in [0.4, 0.5) is 5.69 Å². The average molecular weight is 241 g/mol. The molecule has 0 aliphatic heterocycles. The summed E-state index contributed by atoms with van der Waals surface area (Å²) in [6.07, 6.45) is 3.44. The maximum Gasteiger partial charge on any atom is 0.0423 e. The van der Waals surface area contributed by atoms with Gasteiger partial charge in [-0.15, -0.1) is 0 Å². The van der Waals surface area contributed by atoms with E-state index in [2.05, 4.69) is 31.0 Å².